The lowest BCUT2D eigenvalue weighted by Crippen LogP contribution is -2.47. The fourth-order valence-corrected chi connectivity index (χ4v) is 4.19. The number of nitrogens with one attached hydrogen (secondary N) is 1. The van der Waals surface area contributed by atoms with Gasteiger partial charge in [0.25, 0.3) is 0 Å². The normalized spacial score (nSPS) is 34.7. The number of aromatic nitrogens is 4. The van der Waals surface area contributed by atoms with Gasteiger partial charge in [-0.05, 0) is 25.2 Å². The van der Waals surface area contributed by atoms with Gasteiger partial charge >= 0.3 is 0 Å². The first-order chi connectivity index (χ1) is 10.2. The van der Waals surface area contributed by atoms with Gasteiger partial charge in [0, 0.05) is 18.5 Å². The molecule has 0 unspecified atom stereocenters. The molecule has 0 radical (unpaired) electrons. The van der Waals surface area contributed by atoms with Crippen molar-refractivity contribution in [2.45, 2.75) is 31.4 Å². The second kappa shape index (κ2) is 4.38. The van der Waals surface area contributed by atoms with E-state index in [1.165, 1.54) is 6.33 Å². The number of hydrogen-bond donors (Lipinski definition) is 3. The van der Waals surface area contributed by atoms with Crippen molar-refractivity contribution in [3.8, 4) is 0 Å². The quantitative estimate of drug-likeness (QED) is 0.764. The van der Waals surface area contributed by atoms with Crippen LogP contribution in [-0.2, 0) is 0 Å². The number of anilines is 1. The Kier molecular flexibility index (Phi) is 2.71. The van der Waals surface area contributed by atoms with Crippen LogP contribution in [0.3, 0.4) is 0 Å². The van der Waals surface area contributed by atoms with Crippen LogP contribution in [0.15, 0.2) is 12.7 Å². The van der Waals surface area contributed by atoms with Crippen molar-refractivity contribution >= 4 is 17.0 Å². The molecule has 21 heavy (non-hydrogen) atoms. The third-order valence-electron chi connectivity index (χ3n) is 5.50. The van der Waals surface area contributed by atoms with E-state index in [0.29, 0.717) is 18.2 Å². The van der Waals surface area contributed by atoms with E-state index >= 15 is 0 Å². The van der Waals surface area contributed by atoms with Gasteiger partial charge in [0.15, 0.2) is 11.5 Å². The second-order valence-electron chi connectivity index (χ2n) is 6.15. The fraction of sp³-hybridized carbons (Fsp3) is 0.643. The maximum absolute atomic E-state index is 10.4. The number of aliphatic hydroxyl groups is 2. The van der Waals surface area contributed by atoms with E-state index in [1.54, 1.807) is 6.33 Å². The van der Waals surface area contributed by atoms with Crippen molar-refractivity contribution in [3.63, 3.8) is 0 Å². The van der Waals surface area contributed by atoms with Crippen LogP contribution in [0.4, 0.5) is 5.82 Å². The van der Waals surface area contributed by atoms with Crippen molar-refractivity contribution in [3.05, 3.63) is 12.7 Å². The van der Waals surface area contributed by atoms with Gasteiger partial charge in [0.05, 0.1) is 19.0 Å². The van der Waals surface area contributed by atoms with E-state index in [9.17, 15) is 10.2 Å². The Morgan fingerprint density at radius 1 is 1.43 bits per heavy atom. The first-order valence-corrected chi connectivity index (χ1v) is 7.35. The maximum Gasteiger partial charge on any atom is 0.165 e. The minimum absolute atomic E-state index is 0.0543. The summed E-state index contributed by atoms with van der Waals surface area (Å²) in [6.07, 6.45) is 5.44. The number of rotatable bonds is 3. The van der Waals surface area contributed by atoms with Crippen molar-refractivity contribution < 1.29 is 10.2 Å². The third-order valence-corrected chi connectivity index (χ3v) is 5.50. The minimum Gasteiger partial charge on any atom is -0.396 e. The summed E-state index contributed by atoms with van der Waals surface area (Å²) < 4.78 is 2.04. The Labute approximate surface area is 122 Å². The molecule has 7 nitrogen and oxygen atoms in total. The van der Waals surface area contributed by atoms with Gasteiger partial charge in [-0.3, -0.25) is 0 Å². The molecule has 4 rings (SSSR count). The summed E-state index contributed by atoms with van der Waals surface area (Å²) in [5.41, 5.74) is 1.21. The zero-order chi connectivity index (χ0) is 14.6. The smallest absolute Gasteiger partial charge is 0.165 e. The van der Waals surface area contributed by atoms with Crippen molar-refractivity contribution in [1.29, 1.82) is 0 Å². The second-order valence-corrected chi connectivity index (χ2v) is 6.15. The highest BCUT2D eigenvalue weighted by molar-refractivity contribution is 5.82. The number of hydrogen-bond acceptors (Lipinski definition) is 6. The SMILES string of the molecule is CNc1ncnc2c1ncn2[C@H]1C[C@H](O)[C@]2(CO)CC[C@H]12. The van der Waals surface area contributed by atoms with Gasteiger partial charge in [0.2, 0.25) is 0 Å². The number of aliphatic hydroxyl groups excluding tert-OH is 2. The van der Waals surface area contributed by atoms with Crippen LogP contribution in [0.5, 0.6) is 0 Å². The van der Waals surface area contributed by atoms with Gasteiger partial charge in [-0.1, -0.05) is 0 Å². The highest BCUT2D eigenvalue weighted by Gasteiger charge is 2.60. The van der Waals surface area contributed by atoms with Gasteiger partial charge < -0.3 is 20.1 Å². The summed E-state index contributed by atoms with van der Waals surface area (Å²) in [5, 5.41) is 23.1. The molecular weight excluding hydrogens is 270 g/mol. The molecule has 0 aromatic carbocycles. The highest BCUT2D eigenvalue weighted by atomic mass is 16.3. The Bertz CT molecular complexity index is 683. The molecule has 2 saturated carbocycles. The third kappa shape index (κ3) is 1.53. The number of nitrogens with zero attached hydrogens (tertiary/aromatic N) is 4. The zero-order valence-corrected chi connectivity index (χ0v) is 11.9. The first kappa shape index (κ1) is 13.0. The molecule has 0 spiro atoms. The maximum atomic E-state index is 10.4. The molecule has 4 atom stereocenters. The van der Waals surface area contributed by atoms with Crippen LogP contribution in [0.2, 0.25) is 0 Å². The van der Waals surface area contributed by atoms with Crippen LogP contribution >= 0.6 is 0 Å². The largest absolute Gasteiger partial charge is 0.396 e. The van der Waals surface area contributed by atoms with Crippen LogP contribution in [-0.4, -0.2) is 49.5 Å². The zero-order valence-electron chi connectivity index (χ0n) is 11.9. The summed E-state index contributed by atoms with van der Waals surface area (Å²) in [4.78, 5) is 12.9. The average molecular weight is 289 g/mol. The molecule has 2 aliphatic rings. The highest BCUT2D eigenvalue weighted by Crippen LogP contribution is 2.61. The van der Waals surface area contributed by atoms with Crippen LogP contribution < -0.4 is 5.32 Å². The molecular formula is C14H19N5O2. The molecule has 2 aromatic heterocycles. The van der Waals surface area contributed by atoms with E-state index < -0.39 is 6.10 Å². The van der Waals surface area contributed by atoms with E-state index in [-0.39, 0.29) is 18.1 Å². The van der Waals surface area contributed by atoms with Crippen molar-refractivity contribution in [2.24, 2.45) is 11.3 Å². The topological polar surface area (TPSA) is 96.1 Å². The Morgan fingerprint density at radius 3 is 2.90 bits per heavy atom. The average Bonchev–Trinajstić information content (AvgIpc) is 2.96. The summed E-state index contributed by atoms with van der Waals surface area (Å²) in [7, 11) is 1.81. The molecule has 0 bridgehead atoms. The molecule has 0 saturated heterocycles. The number of fused-ring (bicyclic) bond motifs is 2. The lowest BCUT2D eigenvalue weighted by Gasteiger charge is -2.47. The summed E-state index contributed by atoms with van der Waals surface area (Å²) in [6, 6.07) is 0.144. The number of imidazole rings is 1. The van der Waals surface area contributed by atoms with E-state index in [1.807, 2.05) is 11.6 Å². The molecule has 0 aliphatic heterocycles. The fourth-order valence-electron chi connectivity index (χ4n) is 4.19. The van der Waals surface area contributed by atoms with Gasteiger partial charge in [-0.2, -0.15) is 0 Å². The molecule has 3 N–H and O–H groups in total. The lowest BCUT2D eigenvalue weighted by molar-refractivity contribution is -0.0838. The van der Waals surface area contributed by atoms with Crippen molar-refractivity contribution in [1.82, 2.24) is 19.5 Å². The lowest BCUT2D eigenvalue weighted by atomic mass is 9.60. The monoisotopic (exact) mass is 289 g/mol. The molecule has 0 amide bonds. The summed E-state index contributed by atoms with van der Waals surface area (Å²) >= 11 is 0. The minimum atomic E-state index is -0.450. The van der Waals surface area contributed by atoms with E-state index in [4.69, 9.17) is 0 Å². The first-order valence-electron chi connectivity index (χ1n) is 7.35. The van der Waals surface area contributed by atoms with E-state index in [2.05, 4.69) is 20.3 Å². The molecule has 2 aromatic rings. The standard InChI is InChI=1S/C14H19N5O2/c1-15-12-11-13(17-6-16-12)19(7-18-11)9-4-10(21)14(5-20)3-2-8(9)14/h6-10,20-21H,2-5H2,1H3,(H,15,16,17)/t8-,9+,10+,14+/m1/s1. The van der Waals surface area contributed by atoms with Crippen LogP contribution in [0, 0.1) is 11.3 Å². The summed E-state index contributed by atoms with van der Waals surface area (Å²) in [6.45, 7) is 0.0543. The van der Waals surface area contributed by atoms with Crippen LogP contribution in [0.1, 0.15) is 25.3 Å². The Hall–Kier alpha value is -1.73. The molecule has 2 aliphatic carbocycles. The van der Waals surface area contributed by atoms with E-state index in [0.717, 1.165) is 24.0 Å². The van der Waals surface area contributed by atoms with Crippen LogP contribution in [0.25, 0.3) is 11.2 Å². The molecule has 2 heterocycles. The predicted molar refractivity (Wildman–Crippen MR) is 76.8 cm³/mol. The van der Waals surface area contributed by atoms with Gasteiger partial charge in [0.1, 0.15) is 11.8 Å². The Morgan fingerprint density at radius 2 is 2.29 bits per heavy atom. The molecule has 2 fully saturated rings. The molecule has 112 valence electrons. The predicted octanol–water partition coefficient (Wildman–Crippen LogP) is 0.562. The van der Waals surface area contributed by atoms with Gasteiger partial charge in [-0.15, -0.1) is 0 Å². The molecule has 7 heteroatoms. The van der Waals surface area contributed by atoms with Crippen molar-refractivity contribution in [2.75, 3.05) is 19.0 Å². The Balaban J connectivity index is 1.78. The summed E-state index contributed by atoms with van der Waals surface area (Å²) in [5.74, 6) is 1.00. The van der Waals surface area contributed by atoms with Gasteiger partial charge in [-0.25, -0.2) is 15.0 Å².